The van der Waals surface area contributed by atoms with Crippen molar-refractivity contribution in [2.45, 2.75) is 46.2 Å². The highest BCUT2D eigenvalue weighted by molar-refractivity contribution is 5.12. The predicted molar refractivity (Wildman–Crippen MR) is 80.1 cm³/mol. The van der Waals surface area contributed by atoms with Crippen molar-refractivity contribution in [1.29, 1.82) is 0 Å². The van der Waals surface area contributed by atoms with Crippen LogP contribution in [-0.4, -0.2) is 35.6 Å². The molecule has 0 radical (unpaired) electrons. The standard InChI is InChI=1S/C16H27N3/c1-13(2)19(11-15-6-8-17-9-7-15)12-16-5-4-14(3)10-18-16/h4-5,10,13,15,17H,6-9,11-12H2,1-3H3. The van der Waals surface area contributed by atoms with Gasteiger partial charge in [0.1, 0.15) is 0 Å². The molecule has 3 heteroatoms. The highest BCUT2D eigenvalue weighted by Gasteiger charge is 2.19. The van der Waals surface area contributed by atoms with Crippen LogP contribution in [0.4, 0.5) is 0 Å². The van der Waals surface area contributed by atoms with Gasteiger partial charge in [-0.2, -0.15) is 0 Å². The van der Waals surface area contributed by atoms with E-state index in [2.05, 4.69) is 48.1 Å². The lowest BCUT2D eigenvalue weighted by Crippen LogP contribution is -2.39. The van der Waals surface area contributed by atoms with Gasteiger partial charge in [-0.1, -0.05) is 6.07 Å². The Bertz CT molecular complexity index is 366. The van der Waals surface area contributed by atoms with Crippen molar-refractivity contribution in [3.8, 4) is 0 Å². The van der Waals surface area contributed by atoms with Crippen LogP contribution < -0.4 is 5.32 Å². The lowest BCUT2D eigenvalue weighted by molar-refractivity contribution is 0.160. The zero-order valence-electron chi connectivity index (χ0n) is 12.5. The molecule has 0 aromatic carbocycles. The highest BCUT2D eigenvalue weighted by Crippen LogP contribution is 2.17. The molecule has 0 atom stereocenters. The summed E-state index contributed by atoms with van der Waals surface area (Å²) in [6.45, 7) is 11.2. The van der Waals surface area contributed by atoms with Crippen molar-refractivity contribution in [2.24, 2.45) is 5.92 Å². The summed E-state index contributed by atoms with van der Waals surface area (Å²) in [6.07, 6.45) is 4.59. The van der Waals surface area contributed by atoms with E-state index in [1.165, 1.54) is 43.7 Å². The molecule has 0 saturated carbocycles. The Kier molecular flexibility index (Phi) is 5.34. The predicted octanol–water partition coefficient (Wildman–Crippen LogP) is 2.60. The lowest BCUT2D eigenvalue weighted by Gasteiger charge is -2.32. The van der Waals surface area contributed by atoms with E-state index < -0.39 is 0 Å². The molecular weight excluding hydrogens is 234 g/mol. The molecule has 1 aromatic heterocycles. The zero-order valence-corrected chi connectivity index (χ0v) is 12.5. The second kappa shape index (κ2) is 7.01. The van der Waals surface area contributed by atoms with Gasteiger partial charge in [-0.25, -0.2) is 0 Å². The van der Waals surface area contributed by atoms with Gasteiger partial charge in [-0.3, -0.25) is 9.88 Å². The van der Waals surface area contributed by atoms with Gasteiger partial charge in [0.25, 0.3) is 0 Å². The molecule has 1 N–H and O–H groups in total. The van der Waals surface area contributed by atoms with Gasteiger partial charge < -0.3 is 5.32 Å². The number of hydrogen-bond donors (Lipinski definition) is 1. The summed E-state index contributed by atoms with van der Waals surface area (Å²) in [5.41, 5.74) is 2.42. The number of nitrogens with zero attached hydrogens (tertiary/aromatic N) is 2. The number of aromatic nitrogens is 1. The van der Waals surface area contributed by atoms with Crippen molar-refractivity contribution < 1.29 is 0 Å². The normalized spacial score (nSPS) is 17.3. The monoisotopic (exact) mass is 261 g/mol. The van der Waals surface area contributed by atoms with E-state index in [0.29, 0.717) is 6.04 Å². The minimum atomic E-state index is 0.581. The molecule has 0 amide bonds. The maximum Gasteiger partial charge on any atom is 0.0544 e. The molecule has 1 aliphatic rings. The SMILES string of the molecule is Cc1ccc(CN(CC2CCNCC2)C(C)C)nc1. The van der Waals surface area contributed by atoms with Gasteiger partial charge in [0.2, 0.25) is 0 Å². The molecule has 0 bridgehead atoms. The van der Waals surface area contributed by atoms with Crippen LogP contribution in [0, 0.1) is 12.8 Å². The number of piperidine rings is 1. The summed E-state index contributed by atoms with van der Waals surface area (Å²) in [4.78, 5) is 7.10. The van der Waals surface area contributed by atoms with E-state index in [-0.39, 0.29) is 0 Å². The first-order chi connectivity index (χ1) is 9.15. The summed E-state index contributed by atoms with van der Waals surface area (Å²) >= 11 is 0. The van der Waals surface area contributed by atoms with Crippen molar-refractivity contribution >= 4 is 0 Å². The topological polar surface area (TPSA) is 28.2 Å². The Morgan fingerprint density at radius 3 is 2.63 bits per heavy atom. The van der Waals surface area contributed by atoms with Crippen molar-refractivity contribution in [2.75, 3.05) is 19.6 Å². The minimum absolute atomic E-state index is 0.581. The molecule has 1 fully saturated rings. The van der Waals surface area contributed by atoms with Crippen LogP contribution in [0.3, 0.4) is 0 Å². The summed E-state index contributed by atoms with van der Waals surface area (Å²) < 4.78 is 0. The number of hydrogen-bond acceptors (Lipinski definition) is 3. The van der Waals surface area contributed by atoms with Gasteiger partial charge >= 0.3 is 0 Å². The first kappa shape index (κ1) is 14.5. The average Bonchev–Trinajstić information content (AvgIpc) is 2.41. The Morgan fingerprint density at radius 2 is 2.05 bits per heavy atom. The summed E-state index contributed by atoms with van der Waals surface area (Å²) in [7, 11) is 0. The average molecular weight is 261 g/mol. The van der Waals surface area contributed by atoms with E-state index in [4.69, 9.17) is 0 Å². The first-order valence-electron chi connectivity index (χ1n) is 7.51. The number of nitrogens with one attached hydrogen (secondary N) is 1. The molecule has 1 aromatic rings. The van der Waals surface area contributed by atoms with Crippen LogP contribution in [-0.2, 0) is 6.54 Å². The van der Waals surface area contributed by atoms with Crippen LogP contribution >= 0.6 is 0 Å². The Balaban J connectivity index is 1.93. The molecule has 1 aliphatic heterocycles. The maximum absolute atomic E-state index is 4.54. The quantitative estimate of drug-likeness (QED) is 0.883. The van der Waals surface area contributed by atoms with Gasteiger partial charge in [-0.15, -0.1) is 0 Å². The van der Waals surface area contributed by atoms with Gasteiger partial charge in [0.15, 0.2) is 0 Å². The molecule has 0 spiro atoms. The summed E-state index contributed by atoms with van der Waals surface area (Å²) in [5, 5.41) is 3.44. The van der Waals surface area contributed by atoms with Crippen molar-refractivity contribution in [1.82, 2.24) is 15.2 Å². The Morgan fingerprint density at radius 1 is 1.32 bits per heavy atom. The fraction of sp³-hybridized carbons (Fsp3) is 0.688. The van der Waals surface area contributed by atoms with E-state index in [1.807, 2.05) is 6.20 Å². The highest BCUT2D eigenvalue weighted by atomic mass is 15.2. The lowest BCUT2D eigenvalue weighted by atomic mass is 9.97. The molecule has 0 aliphatic carbocycles. The van der Waals surface area contributed by atoms with Crippen molar-refractivity contribution in [3.05, 3.63) is 29.6 Å². The van der Waals surface area contributed by atoms with Gasteiger partial charge in [0, 0.05) is 25.3 Å². The van der Waals surface area contributed by atoms with Crippen LogP contribution in [0.2, 0.25) is 0 Å². The largest absolute Gasteiger partial charge is 0.317 e. The van der Waals surface area contributed by atoms with Crippen LogP contribution in [0.5, 0.6) is 0 Å². The second-order valence-electron chi connectivity index (χ2n) is 6.04. The molecular formula is C16H27N3. The molecule has 2 rings (SSSR count). The van der Waals surface area contributed by atoms with Crippen LogP contribution in [0.15, 0.2) is 18.3 Å². The fourth-order valence-electron chi connectivity index (χ4n) is 2.65. The minimum Gasteiger partial charge on any atom is -0.317 e. The van der Waals surface area contributed by atoms with Crippen LogP contribution in [0.25, 0.3) is 0 Å². The first-order valence-corrected chi connectivity index (χ1v) is 7.51. The third-order valence-electron chi connectivity index (χ3n) is 4.02. The van der Waals surface area contributed by atoms with E-state index in [9.17, 15) is 0 Å². The molecule has 19 heavy (non-hydrogen) atoms. The zero-order chi connectivity index (χ0) is 13.7. The summed E-state index contributed by atoms with van der Waals surface area (Å²) in [5.74, 6) is 0.842. The second-order valence-corrected chi connectivity index (χ2v) is 6.04. The van der Waals surface area contributed by atoms with Gasteiger partial charge in [-0.05, 0) is 64.3 Å². The number of rotatable bonds is 5. The smallest absolute Gasteiger partial charge is 0.0544 e. The summed E-state index contributed by atoms with van der Waals surface area (Å²) in [6, 6.07) is 4.90. The van der Waals surface area contributed by atoms with Gasteiger partial charge in [0.05, 0.1) is 5.69 Å². The third-order valence-corrected chi connectivity index (χ3v) is 4.02. The fourth-order valence-corrected chi connectivity index (χ4v) is 2.65. The Labute approximate surface area is 117 Å². The van der Waals surface area contributed by atoms with E-state index in [1.54, 1.807) is 0 Å². The molecule has 106 valence electrons. The Hall–Kier alpha value is -0.930. The van der Waals surface area contributed by atoms with E-state index in [0.717, 1.165) is 12.5 Å². The van der Waals surface area contributed by atoms with Crippen LogP contribution in [0.1, 0.15) is 37.9 Å². The molecule has 2 heterocycles. The maximum atomic E-state index is 4.54. The molecule has 0 unspecified atom stereocenters. The molecule has 3 nitrogen and oxygen atoms in total. The third kappa shape index (κ3) is 4.59. The number of pyridine rings is 1. The van der Waals surface area contributed by atoms with E-state index >= 15 is 0 Å². The molecule has 1 saturated heterocycles. The number of aryl methyl sites for hydroxylation is 1. The van der Waals surface area contributed by atoms with Crippen molar-refractivity contribution in [3.63, 3.8) is 0 Å².